The molecule has 0 saturated carbocycles. The van der Waals surface area contributed by atoms with Crippen LogP contribution < -0.4 is 5.73 Å². The van der Waals surface area contributed by atoms with Gasteiger partial charge in [0.05, 0.1) is 5.41 Å². The van der Waals surface area contributed by atoms with Crippen molar-refractivity contribution in [2.24, 2.45) is 11.3 Å². The summed E-state index contributed by atoms with van der Waals surface area (Å²) in [5.41, 5.74) is 7.40. The number of hydroxylamine groups is 2. The van der Waals surface area contributed by atoms with Gasteiger partial charge in [0.2, 0.25) is 0 Å². The van der Waals surface area contributed by atoms with E-state index in [-0.39, 0.29) is 5.97 Å². The third-order valence-electron chi connectivity index (χ3n) is 3.90. The van der Waals surface area contributed by atoms with Crippen molar-refractivity contribution < 1.29 is 9.63 Å². The Labute approximate surface area is 127 Å². The summed E-state index contributed by atoms with van der Waals surface area (Å²) in [5.74, 6) is 0.498. The number of hydrogen-bond acceptors (Lipinski definition) is 4. The SMILES string of the molecule is CC(C)(C)C(=O)ON1CCC(Cc2ccc(N)cc2)CC1. The summed E-state index contributed by atoms with van der Waals surface area (Å²) in [6, 6.07) is 8.10. The van der Waals surface area contributed by atoms with Gasteiger partial charge in [-0.15, -0.1) is 5.06 Å². The standard InChI is InChI=1S/C17H26N2O2/c1-17(2,3)16(20)21-19-10-8-14(9-11-19)12-13-4-6-15(18)7-5-13/h4-7,14H,8-12,18H2,1-3H3. The molecule has 0 unspecified atom stereocenters. The molecule has 4 heteroatoms. The second kappa shape index (κ2) is 6.48. The molecule has 1 heterocycles. The van der Waals surface area contributed by atoms with Crippen molar-refractivity contribution in [1.82, 2.24) is 5.06 Å². The Morgan fingerprint density at radius 2 is 1.81 bits per heavy atom. The molecule has 1 aromatic rings. The molecule has 1 aliphatic heterocycles. The first-order valence-corrected chi connectivity index (χ1v) is 7.66. The fourth-order valence-electron chi connectivity index (χ4n) is 2.45. The van der Waals surface area contributed by atoms with E-state index in [9.17, 15) is 4.79 Å². The van der Waals surface area contributed by atoms with Crippen LogP contribution in [-0.2, 0) is 16.1 Å². The van der Waals surface area contributed by atoms with Crippen LogP contribution in [0.4, 0.5) is 5.69 Å². The van der Waals surface area contributed by atoms with Crippen LogP contribution in [0.1, 0.15) is 39.2 Å². The molecule has 1 aromatic carbocycles. The lowest BCUT2D eigenvalue weighted by Gasteiger charge is -2.32. The van der Waals surface area contributed by atoms with E-state index in [4.69, 9.17) is 10.6 Å². The molecule has 2 rings (SSSR count). The maximum atomic E-state index is 11.9. The van der Waals surface area contributed by atoms with Crippen LogP contribution in [-0.4, -0.2) is 24.1 Å². The topological polar surface area (TPSA) is 55.6 Å². The minimum Gasteiger partial charge on any atom is -0.399 e. The number of nitrogen functional groups attached to an aromatic ring is 1. The lowest BCUT2D eigenvalue weighted by Crippen LogP contribution is -2.39. The zero-order valence-electron chi connectivity index (χ0n) is 13.3. The summed E-state index contributed by atoms with van der Waals surface area (Å²) in [4.78, 5) is 17.3. The minimum absolute atomic E-state index is 0.153. The third-order valence-corrected chi connectivity index (χ3v) is 3.90. The number of hydrogen-bond donors (Lipinski definition) is 1. The van der Waals surface area contributed by atoms with Gasteiger partial charge in [-0.2, -0.15) is 0 Å². The van der Waals surface area contributed by atoms with E-state index >= 15 is 0 Å². The van der Waals surface area contributed by atoms with Crippen molar-refractivity contribution in [3.8, 4) is 0 Å². The third kappa shape index (κ3) is 4.74. The average Bonchev–Trinajstić information content (AvgIpc) is 2.42. The van der Waals surface area contributed by atoms with Crippen LogP contribution in [0.5, 0.6) is 0 Å². The van der Waals surface area contributed by atoms with Crippen molar-refractivity contribution in [3.63, 3.8) is 0 Å². The number of rotatable bonds is 3. The van der Waals surface area contributed by atoms with Crippen LogP contribution >= 0.6 is 0 Å². The molecule has 0 bridgehead atoms. The van der Waals surface area contributed by atoms with E-state index in [1.807, 2.05) is 38.0 Å². The molecule has 116 valence electrons. The smallest absolute Gasteiger partial charge is 0.330 e. The molecule has 0 amide bonds. The number of carbonyl (C=O) groups excluding carboxylic acids is 1. The van der Waals surface area contributed by atoms with E-state index in [1.165, 1.54) is 5.56 Å². The number of benzene rings is 1. The zero-order valence-corrected chi connectivity index (χ0v) is 13.3. The van der Waals surface area contributed by atoms with Gasteiger partial charge < -0.3 is 10.6 Å². The van der Waals surface area contributed by atoms with E-state index in [1.54, 1.807) is 0 Å². The minimum atomic E-state index is -0.444. The van der Waals surface area contributed by atoms with E-state index in [0.29, 0.717) is 5.92 Å². The summed E-state index contributed by atoms with van der Waals surface area (Å²) in [5, 5.41) is 1.81. The molecule has 1 aliphatic rings. The van der Waals surface area contributed by atoms with Crippen molar-refractivity contribution >= 4 is 11.7 Å². The van der Waals surface area contributed by atoms with Gasteiger partial charge in [-0.05, 0) is 63.6 Å². The Bertz CT molecular complexity index is 469. The molecule has 0 aliphatic carbocycles. The van der Waals surface area contributed by atoms with Crippen LogP contribution in [0.15, 0.2) is 24.3 Å². The predicted octanol–water partition coefficient (Wildman–Crippen LogP) is 3.03. The Hall–Kier alpha value is -1.55. The highest BCUT2D eigenvalue weighted by Crippen LogP contribution is 2.24. The quantitative estimate of drug-likeness (QED) is 0.869. The Morgan fingerprint density at radius 3 is 2.33 bits per heavy atom. The molecule has 0 atom stereocenters. The van der Waals surface area contributed by atoms with Gasteiger partial charge in [-0.1, -0.05) is 12.1 Å². The molecule has 1 fully saturated rings. The molecule has 4 nitrogen and oxygen atoms in total. The fourth-order valence-corrected chi connectivity index (χ4v) is 2.45. The largest absolute Gasteiger partial charge is 0.399 e. The van der Waals surface area contributed by atoms with Gasteiger partial charge in [0, 0.05) is 18.8 Å². The van der Waals surface area contributed by atoms with Crippen LogP contribution in [0.25, 0.3) is 0 Å². The average molecular weight is 290 g/mol. The van der Waals surface area contributed by atoms with Crippen molar-refractivity contribution in [3.05, 3.63) is 29.8 Å². The summed E-state index contributed by atoms with van der Waals surface area (Å²) in [6.45, 7) is 7.28. The van der Waals surface area contributed by atoms with E-state index in [0.717, 1.165) is 38.0 Å². The van der Waals surface area contributed by atoms with Crippen molar-refractivity contribution in [1.29, 1.82) is 0 Å². The van der Waals surface area contributed by atoms with E-state index in [2.05, 4.69) is 12.1 Å². The van der Waals surface area contributed by atoms with Crippen molar-refractivity contribution in [2.75, 3.05) is 18.8 Å². The molecular formula is C17H26N2O2. The van der Waals surface area contributed by atoms with Gasteiger partial charge in [0.25, 0.3) is 0 Å². The van der Waals surface area contributed by atoms with Gasteiger partial charge in [0.15, 0.2) is 0 Å². The molecule has 0 aromatic heterocycles. The molecular weight excluding hydrogens is 264 g/mol. The number of nitrogens with two attached hydrogens (primary N) is 1. The summed E-state index contributed by atoms with van der Waals surface area (Å²) in [6.07, 6.45) is 3.19. The Balaban J connectivity index is 1.78. The maximum absolute atomic E-state index is 11.9. The van der Waals surface area contributed by atoms with Gasteiger partial charge >= 0.3 is 5.97 Å². The highest BCUT2D eigenvalue weighted by molar-refractivity contribution is 5.75. The summed E-state index contributed by atoms with van der Waals surface area (Å²) in [7, 11) is 0. The summed E-state index contributed by atoms with van der Waals surface area (Å²) < 4.78 is 0. The second-order valence-electron chi connectivity index (χ2n) is 6.95. The number of carbonyl (C=O) groups is 1. The van der Waals surface area contributed by atoms with Gasteiger partial charge in [-0.25, -0.2) is 4.79 Å². The highest BCUT2D eigenvalue weighted by Gasteiger charge is 2.28. The highest BCUT2D eigenvalue weighted by atomic mass is 16.7. The lowest BCUT2D eigenvalue weighted by molar-refractivity contribution is -0.206. The monoisotopic (exact) mass is 290 g/mol. The van der Waals surface area contributed by atoms with Crippen molar-refractivity contribution in [2.45, 2.75) is 40.0 Å². The lowest BCUT2D eigenvalue weighted by atomic mass is 9.91. The zero-order chi connectivity index (χ0) is 15.5. The predicted molar refractivity (Wildman–Crippen MR) is 84.4 cm³/mol. The van der Waals surface area contributed by atoms with E-state index < -0.39 is 5.41 Å². The second-order valence-corrected chi connectivity index (χ2v) is 6.95. The molecule has 21 heavy (non-hydrogen) atoms. The Kier molecular flexibility index (Phi) is 4.88. The number of anilines is 1. The Morgan fingerprint density at radius 1 is 1.24 bits per heavy atom. The molecule has 0 spiro atoms. The fraction of sp³-hybridized carbons (Fsp3) is 0.588. The first-order chi connectivity index (χ1) is 9.84. The van der Waals surface area contributed by atoms with Crippen LogP contribution in [0, 0.1) is 11.3 Å². The normalized spacial score (nSPS) is 17.7. The first-order valence-electron chi connectivity index (χ1n) is 7.66. The van der Waals surface area contributed by atoms with Gasteiger partial charge in [-0.3, -0.25) is 0 Å². The van der Waals surface area contributed by atoms with Crippen LogP contribution in [0.3, 0.4) is 0 Å². The summed E-state index contributed by atoms with van der Waals surface area (Å²) >= 11 is 0. The first kappa shape index (κ1) is 15.8. The number of nitrogens with zero attached hydrogens (tertiary/aromatic N) is 1. The molecule has 0 radical (unpaired) electrons. The number of piperidine rings is 1. The van der Waals surface area contributed by atoms with Crippen LogP contribution in [0.2, 0.25) is 0 Å². The van der Waals surface area contributed by atoms with Gasteiger partial charge in [0.1, 0.15) is 0 Å². The molecule has 2 N–H and O–H groups in total. The maximum Gasteiger partial charge on any atom is 0.330 e. The molecule has 1 saturated heterocycles.